The second-order valence-corrected chi connectivity index (χ2v) is 7.28. The van der Waals surface area contributed by atoms with Crippen molar-refractivity contribution in [1.29, 1.82) is 0 Å². The average molecular weight is 354 g/mol. The van der Waals surface area contributed by atoms with Crippen LogP contribution in [-0.2, 0) is 7.05 Å². The number of fused-ring (bicyclic) bond motifs is 2. The van der Waals surface area contributed by atoms with Crippen LogP contribution in [0, 0.1) is 13.8 Å². The Hall–Kier alpha value is -2.26. The first-order valence-corrected chi connectivity index (χ1v) is 8.84. The fraction of sp³-hybridized carbons (Fsp3) is 0.286. The van der Waals surface area contributed by atoms with Crippen LogP contribution in [0.4, 0.5) is 0 Å². The lowest BCUT2D eigenvalue weighted by Crippen LogP contribution is -2.21. The highest BCUT2D eigenvalue weighted by Crippen LogP contribution is 2.43. The van der Waals surface area contributed by atoms with Gasteiger partial charge < -0.3 is 9.30 Å². The molecule has 0 bridgehead atoms. The minimum atomic E-state index is -0.00323. The van der Waals surface area contributed by atoms with Gasteiger partial charge in [0.1, 0.15) is 5.75 Å². The third kappa shape index (κ3) is 2.22. The Labute approximate surface area is 151 Å². The summed E-state index contributed by atoms with van der Waals surface area (Å²) < 4.78 is 7.63. The second kappa shape index (κ2) is 5.63. The molecule has 1 unspecified atom stereocenters. The smallest absolute Gasteiger partial charge is 0.254 e. The molecule has 1 aliphatic rings. The van der Waals surface area contributed by atoms with Crippen LogP contribution in [0.25, 0.3) is 22.0 Å². The fourth-order valence-electron chi connectivity index (χ4n) is 3.97. The van der Waals surface area contributed by atoms with E-state index in [1.54, 1.807) is 4.57 Å². The predicted octanol–water partition coefficient (Wildman–Crippen LogP) is 4.97. The summed E-state index contributed by atoms with van der Waals surface area (Å²) in [5.41, 5.74) is 5.67. The Morgan fingerprint density at radius 1 is 1.20 bits per heavy atom. The first kappa shape index (κ1) is 16.2. The Morgan fingerprint density at radius 3 is 2.64 bits per heavy atom. The van der Waals surface area contributed by atoms with Crippen molar-refractivity contribution in [2.45, 2.75) is 26.7 Å². The van der Waals surface area contributed by atoms with Crippen molar-refractivity contribution >= 4 is 22.5 Å². The standard InChI is InChI=1S/C21H20ClNO2/c1-11-10-25-20-13(3)19-16(9-15(11)20)18(12(2)21(24)23(19)4)14-7-5-6-8-17(14)22/h5-9,11H,10H2,1-4H3. The molecular weight excluding hydrogens is 334 g/mol. The maximum Gasteiger partial charge on any atom is 0.254 e. The van der Waals surface area contributed by atoms with Gasteiger partial charge in [0.05, 0.1) is 12.1 Å². The van der Waals surface area contributed by atoms with Gasteiger partial charge in [-0.1, -0.05) is 36.7 Å². The van der Waals surface area contributed by atoms with Crippen molar-refractivity contribution in [2.75, 3.05) is 6.61 Å². The highest BCUT2D eigenvalue weighted by molar-refractivity contribution is 6.33. The monoisotopic (exact) mass is 353 g/mol. The molecule has 0 N–H and O–H groups in total. The molecule has 0 aliphatic carbocycles. The number of hydrogen-bond donors (Lipinski definition) is 0. The summed E-state index contributed by atoms with van der Waals surface area (Å²) in [5, 5.41) is 1.71. The van der Waals surface area contributed by atoms with Gasteiger partial charge in [-0.2, -0.15) is 0 Å². The molecule has 1 atom stereocenters. The number of ether oxygens (including phenoxy) is 1. The van der Waals surface area contributed by atoms with E-state index in [9.17, 15) is 4.79 Å². The molecule has 2 aromatic carbocycles. The van der Waals surface area contributed by atoms with Gasteiger partial charge in [0, 0.05) is 51.2 Å². The van der Waals surface area contributed by atoms with E-state index in [1.807, 2.05) is 45.2 Å². The summed E-state index contributed by atoms with van der Waals surface area (Å²) in [5.74, 6) is 1.26. The van der Waals surface area contributed by atoms with E-state index in [-0.39, 0.29) is 5.56 Å². The summed E-state index contributed by atoms with van der Waals surface area (Å²) in [7, 11) is 1.83. The number of aryl methyl sites for hydroxylation is 2. The molecule has 25 heavy (non-hydrogen) atoms. The van der Waals surface area contributed by atoms with Gasteiger partial charge in [-0.3, -0.25) is 4.79 Å². The van der Waals surface area contributed by atoms with Gasteiger partial charge in [-0.05, 0) is 26.0 Å². The maximum absolute atomic E-state index is 12.9. The molecule has 0 saturated heterocycles. The fourth-order valence-corrected chi connectivity index (χ4v) is 4.20. The Kier molecular flexibility index (Phi) is 3.66. The molecule has 128 valence electrons. The Morgan fingerprint density at radius 2 is 1.92 bits per heavy atom. The molecule has 0 spiro atoms. The van der Waals surface area contributed by atoms with Crippen LogP contribution in [-0.4, -0.2) is 11.2 Å². The molecule has 0 amide bonds. The average Bonchev–Trinajstić information content (AvgIpc) is 2.96. The van der Waals surface area contributed by atoms with E-state index < -0.39 is 0 Å². The molecule has 0 saturated carbocycles. The zero-order chi connectivity index (χ0) is 17.9. The van der Waals surface area contributed by atoms with E-state index in [2.05, 4.69) is 13.0 Å². The molecule has 2 heterocycles. The van der Waals surface area contributed by atoms with Crippen LogP contribution in [0.1, 0.15) is 29.5 Å². The van der Waals surface area contributed by atoms with E-state index in [1.165, 1.54) is 5.56 Å². The molecule has 1 aliphatic heterocycles. The second-order valence-electron chi connectivity index (χ2n) is 6.87. The van der Waals surface area contributed by atoms with Gasteiger partial charge in [0.2, 0.25) is 0 Å². The van der Waals surface area contributed by atoms with Gasteiger partial charge in [0.25, 0.3) is 5.56 Å². The molecular formula is C21H20ClNO2. The minimum absolute atomic E-state index is 0.00323. The summed E-state index contributed by atoms with van der Waals surface area (Å²) in [6.07, 6.45) is 0. The first-order chi connectivity index (χ1) is 11.9. The van der Waals surface area contributed by atoms with Crippen molar-refractivity contribution in [2.24, 2.45) is 7.05 Å². The maximum atomic E-state index is 12.9. The van der Waals surface area contributed by atoms with E-state index in [0.717, 1.165) is 33.3 Å². The number of benzene rings is 2. The van der Waals surface area contributed by atoms with Crippen molar-refractivity contribution in [1.82, 2.24) is 4.57 Å². The number of pyridine rings is 1. The number of rotatable bonds is 1. The van der Waals surface area contributed by atoms with Gasteiger partial charge >= 0.3 is 0 Å². The van der Waals surface area contributed by atoms with E-state index >= 15 is 0 Å². The van der Waals surface area contributed by atoms with Crippen molar-refractivity contribution < 1.29 is 4.74 Å². The lowest BCUT2D eigenvalue weighted by atomic mass is 9.91. The first-order valence-electron chi connectivity index (χ1n) is 8.46. The largest absolute Gasteiger partial charge is 0.492 e. The van der Waals surface area contributed by atoms with Gasteiger partial charge in [0.15, 0.2) is 0 Å². The number of halogens is 1. The lowest BCUT2D eigenvalue weighted by molar-refractivity contribution is 0.336. The lowest BCUT2D eigenvalue weighted by Gasteiger charge is -2.18. The topological polar surface area (TPSA) is 31.2 Å². The zero-order valence-corrected chi connectivity index (χ0v) is 15.6. The molecule has 3 nitrogen and oxygen atoms in total. The van der Waals surface area contributed by atoms with Crippen LogP contribution in [0.5, 0.6) is 5.75 Å². The highest BCUT2D eigenvalue weighted by Gasteiger charge is 2.27. The van der Waals surface area contributed by atoms with Crippen molar-refractivity contribution in [3.05, 3.63) is 62.4 Å². The summed E-state index contributed by atoms with van der Waals surface area (Å²) in [6.45, 7) is 6.76. The normalized spacial score (nSPS) is 16.1. The zero-order valence-electron chi connectivity index (χ0n) is 14.8. The van der Waals surface area contributed by atoms with Crippen LogP contribution in [0.2, 0.25) is 5.02 Å². The molecule has 3 aromatic rings. The van der Waals surface area contributed by atoms with Crippen LogP contribution < -0.4 is 10.3 Å². The summed E-state index contributed by atoms with van der Waals surface area (Å²) in [4.78, 5) is 12.9. The SMILES string of the molecule is Cc1c(-c2ccccc2Cl)c2cc3c(c(C)c2n(C)c1=O)OCC3C. The van der Waals surface area contributed by atoms with Crippen molar-refractivity contribution in [3.8, 4) is 16.9 Å². The van der Waals surface area contributed by atoms with Gasteiger partial charge in [-0.15, -0.1) is 0 Å². The molecule has 1 aromatic heterocycles. The van der Waals surface area contributed by atoms with Gasteiger partial charge in [-0.25, -0.2) is 0 Å². The third-order valence-corrected chi connectivity index (χ3v) is 5.60. The highest BCUT2D eigenvalue weighted by atomic mass is 35.5. The number of aromatic nitrogens is 1. The summed E-state index contributed by atoms with van der Waals surface area (Å²) in [6, 6.07) is 9.89. The molecule has 4 heteroatoms. The molecule has 0 radical (unpaired) electrons. The third-order valence-electron chi connectivity index (χ3n) is 5.27. The van der Waals surface area contributed by atoms with Crippen LogP contribution in [0.15, 0.2) is 35.1 Å². The minimum Gasteiger partial charge on any atom is -0.492 e. The summed E-state index contributed by atoms with van der Waals surface area (Å²) >= 11 is 6.48. The number of nitrogens with zero attached hydrogens (tertiary/aromatic N) is 1. The van der Waals surface area contributed by atoms with Crippen LogP contribution in [0.3, 0.4) is 0 Å². The molecule has 0 fully saturated rings. The van der Waals surface area contributed by atoms with Crippen LogP contribution >= 0.6 is 11.6 Å². The quantitative estimate of drug-likeness (QED) is 0.618. The molecule has 4 rings (SSSR count). The Bertz CT molecular complexity index is 1080. The predicted molar refractivity (Wildman–Crippen MR) is 103 cm³/mol. The van der Waals surface area contributed by atoms with E-state index in [0.29, 0.717) is 23.1 Å². The Balaban J connectivity index is 2.24. The number of hydrogen-bond acceptors (Lipinski definition) is 2. The van der Waals surface area contributed by atoms with E-state index in [4.69, 9.17) is 16.3 Å². The van der Waals surface area contributed by atoms with Crippen molar-refractivity contribution in [3.63, 3.8) is 0 Å².